The van der Waals surface area contributed by atoms with E-state index >= 15 is 0 Å². The first-order valence-electron chi connectivity index (χ1n) is 4.51. The summed E-state index contributed by atoms with van der Waals surface area (Å²) in [5.41, 5.74) is 4.81. The van der Waals surface area contributed by atoms with E-state index in [2.05, 4.69) is 0 Å². The van der Waals surface area contributed by atoms with E-state index in [1.54, 1.807) is 0 Å². The van der Waals surface area contributed by atoms with E-state index < -0.39 is 6.03 Å². The minimum absolute atomic E-state index is 0.130. The molecule has 3 N–H and O–H groups in total. The summed E-state index contributed by atoms with van der Waals surface area (Å²) >= 11 is 0. The Bertz CT molecular complexity index is 232. The van der Waals surface area contributed by atoms with Crippen molar-refractivity contribution >= 4 is 11.9 Å². The fraction of sp³-hybridized carbons (Fsp3) is 0.750. The Morgan fingerprint density at radius 1 is 1.64 bits per heavy atom. The van der Waals surface area contributed by atoms with Gasteiger partial charge in [-0.3, -0.25) is 15.0 Å². The number of imide groups is 1. The zero-order valence-corrected chi connectivity index (χ0v) is 8.16. The van der Waals surface area contributed by atoms with Crippen LogP contribution in [0.25, 0.3) is 0 Å². The van der Waals surface area contributed by atoms with Gasteiger partial charge in [-0.25, -0.2) is 4.79 Å². The van der Waals surface area contributed by atoms with Crippen molar-refractivity contribution in [2.45, 2.75) is 13.0 Å². The molecule has 0 bridgehead atoms. The second kappa shape index (κ2) is 4.92. The van der Waals surface area contributed by atoms with E-state index in [1.165, 1.54) is 0 Å². The number of hydrogen-bond donors (Lipinski definition) is 2. The van der Waals surface area contributed by atoms with Gasteiger partial charge < -0.3 is 10.5 Å². The number of urea groups is 1. The Hall–Kier alpha value is -1.14. The van der Waals surface area contributed by atoms with Crippen molar-refractivity contribution in [2.75, 3.05) is 26.2 Å². The molecular weight excluding hydrogens is 186 g/mol. The van der Waals surface area contributed by atoms with Crippen LogP contribution in [0, 0.1) is 0 Å². The predicted molar refractivity (Wildman–Crippen MR) is 49.6 cm³/mol. The van der Waals surface area contributed by atoms with Gasteiger partial charge in [0.1, 0.15) is 0 Å². The van der Waals surface area contributed by atoms with E-state index in [1.807, 2.05) is 17.1 Å². The standard InChI is InChI=1S/C8H15N3O3/c1-6-4-11(2-3-14-6)5-7(12)10-8(9)13/h6H,2-5H2,1H3,(H3,9,10,12,13). The van der Waals surface area contributed by atoms with Crippen molar-refractivity contribution in [3.05, 3.63) is 0 Å². The highest BCUT2D eigenvalue weighted by Crippen LogP contribution is 2.02. The van der Waals surface area contributed by atoms with E-state index in [9.17, 15) is 9.59 Å². The van der Waals surface area contributed by atoms with Gasteiger partial charge in [-0.1, -0.05) is 0 Å². The molecule has 1 saturated heterocycles. The maximum Gasteiger partial charge on any atom is 0.318 e. The molecule has 3 amide bonds. The van der Waals surface area contributed by atoms with Gasteiger partial charge >= 0.3 is 6.03 Å². The lowest BCUT2D eigenvalue weighted by atomic mass is 10.3. The molecule has 1 heterocycles. The summed E-state index contributed by atoms with van der Waals surface area (Å²) in [5, 5.41) is 2.02. The first-order valence-corrected chi connectivity index (χ1v) is 4.51. The summed E-state index contributed by atoms with van der Waals surface area (Å²) in [5.74, 6) is -0.369. The molecule has 6 heteroatoms. The van der Waals surface area contributed by atoms with Crippen LogP contribution >= 0.6 is 0 Å². The lowest BCUT2D eigenvalue weighted by molar-refractivity contribution is -0.122. The van der Waals surface area contributed by atoms with Crippen molar-refractivity contribution < 1.29 is 14.3 Å². The van der Waals surface area contributed by atoms with Crippen molar-refractivity contribution in [1.29, 1.82) is 0 Å². The van der Waals surface area contributed by atoms with E-state index in [-0.39, 0.29) is 18.6 Å². The molecule has 1 aliphatic rings. The fourth-order valence-electron chi connectivity index (χ4n) is 1.41. The number of morpholine rings is 1. The molecule has 6 nitrogen and oxygen atoms in total. The zero-order chi connectivity index (χ0) is 10.6. The second-order valence-corrected chi connectivity index (χ2v) is 3.33. The third-order valence-corrected chi connectivity index (χ3v) is 1.96. The number of carbonyl (C=O) groups is 2. The molecule has 0 saturated carbocycles. The van der Waals surface area contributed by atoms with E-state index in [0.717, 1.165) is 0 Å². The second-order valence-electron chi connectivity index (χ2n) is 3.33. The monoisotopic (exact) mass is 201 g/mol. The molecule has 0 spiro atoms. The number of carbonyl (C=O) groups excluding carboxylic acids is 2. The molecule has 80 valence electrons. The van der Waals surface area contributed by atoms with E-state index in [0.29, 0.717) is 19.7 Å². The van der Waals surface area contributed by atoms with Crippen molar-refractivity contribution in [2.24, 2.45) is 5.73 Å². The van der Waals surface area contributed by atoms with Crippen molar-refractivity contribution in [1.82, 2.24) is 10.2 Å². The number of primary amides is 1. The minimum Gasteiger partial charge on any atom is -0.376 e. The van der Waals surface area contributed by atoms with E-state index in [4.69, 9.17) is 10.5 Å². The van der Waals surface area contributed by atoms with Gasteiger partial charge in [0.25, 0.3) is 0 Å². The summed E-state index contributed by atoms with van der Waals surface area (Å²) < 4.78 is 5.31. The van der Waals surface area contributed by atoms with Crippen LogP contribution in [-0.4, -0.2) is 49.2 Å². The summed E-state index contributed by atoms with van der Waals surface area (Å²) in [4.78, 5) is 23.4. The summed E-state index contributed by atoms with van der Waals surface area (Å²) in [6.45, 7) is 4.16. The topological polar surface area (TPSA) is 84.7 Å². The Labute approximate surface area is 82.4 Å². The van der Waals surface area contributed by atoms with Crippen LogP contribution in [0.1, 0.15) is 6.92 Å². The average molecular weight is 201 g/mol. The van der Waals surface area contributed by atoms with Gasteiger partial charge in [-0.05, 0) is 6.92 Å². The van der Waals surface area contributed by atoms with Gasteiger partial charge in [0, 0.05) is 13.1 Å². The molecule has 1 aliphatic heterocycles. The number of ether oxygens (including phenoxy) is 1. The molecule has 0 aliphatic carbocycles. The highest BCUT2D eigenvalue weighted by molar-refractivity contribution is 5.94. The third-order valence-electron chi connectivity index (χ3n) is 1.96. The number of rotatable bonds is 2. The quantitative estimate of drug-likeness (QED) is 0.594. The Balaban J connectivity index is 2.28. The molecule has 1 rings (SSSR count). The van der Waals surface area contributed by atoms with Crippen LogP contribution in [-0.2, 0) is 9.53 Å². The van der Waals surface area contributed by atoms with Crippen LogP contribution in [0.2, 0.25) is 0 Å². The Morgan fingerprint density at radius 3 is 2.93 bits per heavy atom. The van der Waals surface area contributed by atoms with Gasteiger partial charge in [0.15, 0.2) is 0 Å². The first-order chi connectivity index (χ1) is 6.58. The Kier molecular flexibility index (Phi) is 3.84. The van der Waals surface area contributed by atoms with Crippen LogP contribution in [0.15, 0.2) is 0 Å². The molecule has 0 aromatic rings. The maximum absolute atomic E-state index is 11.1. The van der Waals surface area contributed by atoms with Crippen molar-refractivity contribution in [3.63, 3.8) is 0 Å². The SMILES string of the molecule is CC1CN(CC(=O)NC(N)=O)CCO1. The Morgan fingerprint density at radius 2 is 2.36 bits per heavy atom. The predicted octanol–water partition coefficient (Wildman–Crippen LogP) is -1.10. The smallest absolute Gasteiger partial charge is 0.318 e. The van der Waals surface area contributed by atoms with Gasteiger partial charge in [-0.2, -0.15) is 0 Å². The molecule has 14 heavy (non-hydrogen) atoms. The van der Waals surface area contributed by atoms with Crippen LogP contribution in [0.5, 0.6) is 0 Å². The number of hydrogen-bond acceptors (Lipinski definition) is 4. The molecule has 1 unspecified atom stereocenters. The molecule has 1 fully saturated rings. The lowest BCUT2D eigenvalue weighted by Gasteiger charge is -2.30. The minimum atomic E-state index is -0.809. The van der Waals surface area contributed by atoms with Gasteiger partial charge in [0.05, 0.1) is 19.3 Å². The normalized spacial score (nSPS) is 23.1. The van der Waals surface area contributed by atoms with Crippen LogP contribution in [0.4, 0.5) is 4.79 Å². The summed E-state index contributed by atoms with van der Waals surface area (Å²) in [7, 11) is 0. The van der Waals surface area contributed by atoms with Crippen LogP contribution in [0.3, 0.4) is 0 Å². The average Bonchev–Trinajstić information content (AvgIpc) is 2.01. The number of nitrogens with two attached hydrogens (primary N) is 1. The van der Waals surface area contributed by atoms with Gasteiger partial charge in [-0.15, -0.1) is 0 Å². The highest BCUT2D eigenvalue weighted by atomic mass is 16.5. The lowest BCUT2D eigenvalue weighted by Crippen LogP contribution is -2.47. The number of nitrogens with one attached hydrogen (secondary N) is 1. The summed E-state index contributed by atoms with van der Waals surface area (Å²) in [6, 6.07) is -0.809. The maximum atomic E-state index is 11.1. The number of amides is 3. The molecule has 0 radical (unpaired) electrons. The molecule has 0 aromatic heterocycles. The largest absolute Gasteiger partial charge is 0.376 e. The van der Waals surface area contributed by atoms with Crippen LogP contribution < -0.4 is 11.1 Å². The summed E-state index contributed by atoms with van der Waals surface area (Å²) in [6.07, 6.45) is 0.130. The molecular formula is C8H15N3O3. The van der Waals surface area contributed by atoms with Gasteiger partial charge in [0.2, 0.25) is 5.91 Å². The van der Waals surface area contributed by atoms with Crippen molar-refractivity contribution in [3.8, 4) is 0 Å². The highest BCUT2D eigenvalue weighted by Gasteiger charge is 2.19. The number of nitrogens with zero attached hydrogens (tertiary/aromatic N) is 1. The fourth-order valence-corrected chi connectivity index (χ4v) is 1.41. The first kappa shape index (κ1) is 10.9. The zero-order valence-electron chi connectivity index (χ0n) is 8.16. The third kappa shape index (κ3) is 3.71. The molecule has 0 aromatic carbocycles. The molecule has 1 atom stereocenters.